The van der Waals surface area contributed by atoms with Gasteiger partial charge in [-0.1, -0.05) is 26.2 Å². The zero-order valence-corrected chi connectivity index (χ0v) is 10.5. The Hall–Kier alpha value is -1.32. The van der Waals surface area contributed by atoms with E-state index in [-0.39, 0.29) is 6.04 Å². The SMILES string of the molecule is CCC(N=C(N)C1CCCCC1)c1ncc[nH]1. The fourth-order valence-electron chi connectivity index (χ4n) is 2.49. The Morgan fingerprint density at radius 3 is 2.88 bits per heavy atom. The van der Waals surface area contributed by atoms with E-state index in [1.165, 1.54) is 32.1 Å². The Bertz CT molecular complexity index is 350. The van der Waals surface area contributed by atoms with Crippen molar-refractivity contribution >= 4 is 5.84 Å². The fourth-order valence-corrected chi connectivity index (χ4v) is 2.49. The molecule has 2 rings (SSSR count). The highest BCUT2D eigenvalue weighted by Gasteiger charge is 2.19. The lowest BCUT2D eigenvalue weighted by molar-refractivity contribution is 0.434. The van der Waals surface area contributed by atoms with Crippen LogP contribution in [0, 0.1) is 5.92 Å². The number of hydrogen-bond acceptors (Lipinski definition) is 2. The lowest BCUT2D eigenvalue weighted by Crippen LogP contribution is -2.26. The van der Waals surface area contributed by atoms with E-state index >= 15 is 0 Å². The van der Waals surface area contributed by atoms with Crippen LogP contribution in [0.25, 0.3) is 0 Å². The molecule has 4 nitrogen and oxygen atoms in total. The summed E-state index contributed by atoms with van der Waals surface area (Å²) in [6.07, 6.45) is 10.9. The van der Waals surface area contributed by atoms with Gasteiger partial charge in [-0.3, -0.25) is 4.99 Å². The van der Waals surface area contributed by atoms with E-state index in [4.69, 9.17) is 5.73 Å². The third kappa shape index (κ3) is 3.08. The molecule has 0 amide bonds. The largest absolute Gasteiger partial charge is 0.387 e. The van der Waals surface area contributed by atoms with Crippen molar-refractivity contribution in [1.82, 2.24) is 9.97 Å². The zero-order valence-electron chi connectivity index (χ0n) is 10.5. The number of imidazole rings is 1. The monoisotopic (exact) mass is 234 g/mol. The molecule has 1 fully saturated rings. The summed E-state index contributed by atoms with van der Waals surface area (Å²) in [5.74, 6) is 2.24. The number of hydrogen-bond donors (Lipinski definition) is 2. The molecule has 1 aromatic rings. The van der Waals surface area contributed by atoms with E-state index in [9.17, 15) is 0 Å². The van der Waals surface area contributed by atoms with E-state index in [1.54, 1.807) is 6.20 Å². The number of amidine groups is 1. The highest BCUT2D eigenvalue weighted by Crippen LogP contribution is 2.25. The molecule has 1 aromatic heterocycles. The second-order valence-electron chi connectivity index (χ2n) is 4.79. The number of aromatic amines is 1. The van der Waals surface area contributed by atoms with Crippen LogP contribution in [0.3, 0.4) is 0 Å². The summed E-state index contributed by atoms with van der Waals surface area (Å²) in [5.41, 5.74) is 6.14. The number of nitrogens with two attached hydrogens (primary N) is 1. The van der Waals surface area contributed by atoms with Crippen LogP contribution in [0.5, 0.6) is 0 Å². The van der Waals surface area contributed by atoms with E-state index in [2.05, 4.69) is 21.9 Å². The van der Waals surface area contributed by atoms with Crippen molar-refractivity contribution in [2.75, 3.05) is 0 Å². The molecule has 1 aliphatic rings. The molecule has 0 aliphatic heterocycles. The third-order valence-corrected chi connectivity index (χ3v) is 3.55. The van der Waals surface area contributed by atoms with Crippen molar-refractivity contribution in [3.05, 3.63) is 18.2 Å². The van der Waals surface area contributed by atoms with E-state index in [0.717, 1.165) is 18.1 Å². The molecule has 94 valence electrons. The van der Waals surface area contributed by atoms with Gasteiger partial charge in [0.05, 0.1) is 5.84 Å². The predicted molar refractivity (Wildman–Crippen MR) is 69.8 cm³/mol. The third-order valence-electron chi connectivity index (χ3n) is 3.55. The quantitative estimate of drug-likeness (QED) is 0.621. The van der Waals surface area contributed by atoms with Gasteiger partial charge in [-0.15, -0.1) is 0 Å². The number of aliphatic imine (C=N–C) groups is 1. The minimum absolute atomic E-state index is 0.0897. The normalized spacial score (nSPS) is 20.4. The number of nitrogens with one attached hydrogen (secondary N) is 1. The molecular formula is C13H22N4. The molecule has 0 bridgehead atoms. The van der Waals surface area contributed by atoms with Gasteiger partial charge in [0.15, 0.2) is 0 Å². The maximum absolute atomic E-state index is 6.14. The van der Waals surface area contributed by atoms with Crippen LogP contribution in [0.2, 0.25) is 0 Å². The molecule has 0 radical (unpaired) electrons. The minimum Gasteiger partial charge on any atom is -0.387 e. The molecule has 4 heteroatoms. The van der Waals surface area contributed by atoms with Gasteiger partial charge in [0.2, 0.25) is 0 Å². The summed E-state index contributed by atoms with van der Waals surface area (Å²) in [5, 5.41) is 0. The predicted octanol–water partition coefficient (Wildman–Crippen LogP) is 2.80. The van der Waals surface area contributed by atoms with Crippen molar-refractivity contribution in [3.63, 3.8) is 0 Å². The molecule has 1 atom stereocenters. The molecule has 1 aliphatic carbocycles. The van der Waals surface area contributed by atoms with Crippen LogP contribution in [-0.4, -0.2) is 15.8 Å². The van der Waals surface area contributed by atoms with E-state index < -0.39 is 0 Å². The summed E-state index contributed by atoms with van der Waals surface area (Å²) in [6, 6.07) is 0.0897. The summed E-state index contributed by atoms with van der Waals surface area (Å²) in [4.78, 5) is 12.1. The Labute approximate surface area is 103 Å². The van der Waals surface area contributed by atoms with Crippen molar-refractivity contribution in [1.29, 1.82) is 0 Å². The van der Waals surface area contributed by atoms with Crippen LogP contribution in [0.1, 0.15) is 57.3 Å². The molecule has 1 unspecified atom stereocenters. The first-order chi connectivity index (χ1) is 8.31. The number of nitrogens with zero attached hydrogens (tertiary/aromatic N) is 2. The van der Waals surface area contributed by atoms with Crippen molar-refractivity contribution in [2.24, 2.45) is 16.6 Å². The number of H-pyrrole nitrogens is 1. The van der Waals surface area contributed by atoms with Gasteiger partial charge in [-0.25, -0.2) is 4.98 Å². The molecule has 1 heterocycles. The first-order valence-electron chi connectivity index (χ1n) is 6.63. The smallest absolute Gasteiger partial charge is 0.130 e. The van der Waals surface area contributed by atoms with Crippen LogP contribution in [-0.2, 0) is 0 Å². The number of rotatable bonds is 4. The van der Waals surface area contributed by atoms with Gasteiger partial charge >= 0.3 is 0 Å². The van der Waals surface area contributed by atoms with Gasteiger partial charge in [0.1, 0.15) is 11.9 Å². The average Bonchev–Trinajstić information content (AvgIpc) is 2.90. The van der Waals surface area contributed by atoms with Gasteiger partial charge in [0.25, 0.3) is 0 Å². The van der Waals surface area contributed by atoms with Crippen molar-refractivity contribution in [3.8, 4) is 0 Å². The van der Waals surface area contributed by atoms with Crippen molar-refractivity contribution < 1.29 is 0 Å². The summed E-state index contributed by atoms with van der Waals surface area (Å²) in [7, 11) is 0. The number of aromatic nitrogens is 2. The molecule has 0 saturated heterocycles. The van der Waals surface area contributed by atoms with Gasteiger partial charge < -0.3 is 10.7 Å². The Morgan fingerprint density at radius 1 is 1.53 bits per heavy atom. The van der Waals surface area contributed by atoms with E-state index in [0.29, 0.717) is 5.92 Å². The topological polar surface area (TPSA) is 67.1 Å². The summed E-state index contributed by atoms with van der Waals surface area (Å²) < 4.78 is 0. The standard InChI is InChI=1S/C13H22N4/c1-2-11(13-15-8-9-16-13)17-12(14)10-6-4-3-5-7-10/h8-11H,2-7H2,1H3,(H2,14,17)(H,15,16). The Morgan fingerprint density at radius 2 is 2.29 bits per heavy atom. The van der Waals surface area contributed by atoms with Crippen LogP contribution < -0.4 is 5.73 Å². The van der Waals surface area contributed by atoms with Gasteiger partial charge in [-0.2, -0.15) is 0 Å². The van der Waals surface area contributed by atoms with Crippen LogP contribution >= 0.6 is 0 Å². The highest BCUT2D eigenvalue weighted by molar-refractivity contribution is 5.83. The minimum atomic E-state index is 0.0897. The maximum atomic E-state index is 6.14. The lowest BCUT2D eigenvalue weighted by atomic mass is 9.88. The Balaban J connectivity index is 2.05. The summed E-state index contributed by atoms with van der Waals surface area (Å²) >= 11 is 0. The maximum Gasteiger partial charge on any atom is 0.130 e. The van der Waals surface area contributed by atoms with Crippen LogP contribution in [0.15, 0.2) is 17.4 Å². The van der Waals surface area contributed by atoms with Gasteiger partial charge in [-0.05, 0) is 19.3 Å². The average molecular weight is 234 g/mol. The van der Waals surface area contributed by atoms with Gasteiger partial charge in [0, 0.05) is 18.3 Å². The molecule has 17 heavy (non-hydrogen) atoms. The lowest BCUT2D eigenvalue weighted by Gasteiger charge is -2.22. The first-order valence-corrected chi connectivity index (χ1v) is 6.63. The molecule has 3 N–H and O–H groups in total. The highest BCUT2D eigenvalue weighted by atomic mass is 15.0. The van der Waals surface area contributed by atoms with E-state index in [1.807, 2.05) is 6.20 Å². The second-order valence-corrected chi connectivity index (χ2v) is 4.79. The Kier molecular flexibility index (Phi) is 4.18. The fraction of sp³-hybridized carbons (Fsp3) is 0.692. The second kappa shape index (κ2) is 5.84. The molecule has 0 spiro atoms. The van der Waals surface area contributed by atoms with Crippen LogP contribution in [0.4, 0.5) is 0 Å². The zero-order chi connectivity index (χ0) is 12.1. The summed E-state index contributed by atoms with van der Waals surface area (Å²) in [6.45, 7) is 2.12. The first kappa shape index (κ1) is 12.1. The molecular weight excluding hydrogens is 212 g/mol. The van der Waals surface area contributed by atoms with Crippen molar-refractivity contribution in [2.45, 2.75) is 51.5 Å². The molecule has 0 aromatic carbocycles. The molecule has 1 saturated carbocycles.